The zero-order chi connectivity index (χ0) is 49.8. The molecule has 0 spiro atoms. The summed E-state index contributed by atoms with van der Waals surface area (Å²) in [5, 5.41) is 8.52. The van der Waals surface area contributed by atoms with E-state index in [0.29, 0.717) is 63.2 Å². The van der Waals surface area contributed by atoms with Crippen molar-refractivity contribution in [2.24, 2.45) is 5.92 Å². The van der Waals surface area contributed by atoms with Crippen molar-refractivity contribution in [3.8, 4) is 11.4 Å². The number of phosphoric ester groups is 1. The molecule has 2 aliphatic rings. The van der Waals surface area contributed by atoms with E-state index < -0.39 is 61.3 Å². The molecule has 2 aliphatic heterocycles. The standard InChI is InChI=1S/C47H59F2N8O12P.2Na/c1-4-43(33(2)67-46(60)69-34(3)68-44(58)9-7-5-6-8-24-66-70(61,62)63)57-45(59)56(32-52-57)39-13-11-37(12-14-39)53-20-22-54(23-21-53)38-15-17-40(18-16-38)64-27-35-26-47(65-28-35,29-55-31-50-30-51-55)41-19-10-36(48)25-42(41)49;;/h10-19,25,30-35,43H,4-9,20-24,26-29H2,1-3H3,(H2,61,62,63);;/q;2*+1/p-2/t33?,34?,35-,43+,47+;;/m1../s1. The molecule has 5 aromatic rings. The van der Waals surface area contributed by atoms with Crippen LogP contribution in [0.15, 0.2) is 90.5 Å². The van der Waals surface area contributed by atoms with Crippen molar-refractivity contribution >= 4 is 31.3 Å². The molecule has 4 heterocycles. The topological polar surface area (TPSA) is 230 Å². The van der Waals surface area contributed by atoms with Crippen LogP contribution in [0.25, 0.3) is 5.69 Å². The summed E-state index contributed by atoms with van der Waals surface area (Å²) >= 11 is 0. The summed E-state index contributed by atoms with van der Waals surface area (Å²) < 4.78 is 75.9. The summed E-state index contributed by atoms with van der Waals surface area (Å²) in [7, 11) is -5.00. The molecule has 3 aromatic carbocycles. The van der Waals surface area contributed by atoms with Crippen LogP contribution >= 0.6 is 7.82 Å². The molecule has 5 atom stereocenters. The van der Waals surface area contributed by atoms with Crippen molar-refractivity contribution in [3.63, 3.8) is 0 Å². The van der Waals surface area contributed by atoms with Crippen LogP contribution in [0, 0.1) is 17.6 Å². The summed E-state index contributed by atoms with van der Waals surface area (Å²) in [6, 6.07) is 18.5. The fourth-order valence-electron chi connectivity index (χ4n) is 8.79. The normalized spacial score (nSPS) is 18.1. The van der Waals surface area contributed by atoms with Gasteiger partial charge in [-0.2, -0.15) is 10.2 Å². The molecule has 378 valence electrons. The van der Waals surface area contributed by atoms with Gasteiger partial charge in [0.2, 0.25) is 6.29 Å². The van der Waals surface area contributed by atoms with E-state index in [4.69, 9.17) is 23.7 Å². The number of unbranched alkanes of at least 4 members (excludes halogenated alkanes) is 3. The van der Waals surface area contributed by atoms with E-state index in [1.807, 2.05) is 55.5 Å². The number of carbonyl (C=O) groups excluding carboxylic acids is 2. The number of nitrogens with zero attached hydrogens (tertiary/aromatic N) is 8. The SMILES string of the molecule is CC[C@@H](C(C)OC(=O)OC(C)OC(=O)CCCCCCOP(=O)([O-])[O-])n1ncn(-c2ccc(N3CCN(c4ccc(OC[C@@H]5CO[C@@](Cn6cncn6)(c6ccc(F)cc6F)C5)cc4)CC3)cc2)c1=O.[Na+].[Na+]. The third-order valence-corrected chi connectivity index (χ3v) is 12.8. The Bertz CT molecular complexity index is 2600. The number of benzene rings is 3. The summed E-state index contributed by atoms with van der Waals surface area (Å²) in [6.07, 6.45) is 3.95. The van der Waals surface area contributed by atoms with Crippen molar-refractivity contribution in [2.45, 2.75) is 96.3 Å². The molecule has 2 saturated heterocycles. The number of esters is 1. The number of halogens is 2. The molecule has 0 N–H and O–H groups in total. The van der Waals surface area contributed by atoms with Gasteiger partial charge in [0.15, 0.2) is 0 Å². The maximum Gasteiger partial charge on any atom is 1.00 e. The average Bonchev–Trinajstić information content (AvgIpc) is 4.09. The number of ether oxygens (including phenoxy) is 5. The minimum absolute atomic E-state index is 0. The molecular formula is C47H57F2N8Na2O12P. The first-order valence-corrected chi connectivity index (χ1v) is 24.7. The molecular weight excluding hydrogens is 984 g/mol. The Balaban J connectivity index is 0.00000481. The molecule has 2 unspecified atom stereocenters. The fourth-order valence-corrected chi connectivity index (χ4v) is 9.14. The Kier molecular flexibility index (Phi) is 22.3. The Hall–Kier alpha value is -4.19. The second-order valence-corrected chi connectivity index (χ2v) is 18.4. The summed E-state index contributed by atoms with van der Waals surface area (Å²) in [4.78, 5) is 68.0. The Labute approximate surface area is 460 Å². The minimum Gasteiger partial charge on any atom is -0.790 e. The molecule has 0 amide bonds. The van der Waals surface area contributed by atoms with E-state index in [-0.39, 0.29) is 90.2 Å². The largest absolute Gasteiger partial charge is 1.00 e. The zero-order valence-corrected chi connectivity index (χ0v) is 46.1. The van der Waals surface area contributed by atoms with Crippen molar-refractivity contribution in [2.75, 3.05) is 55.8 Å². The van der Waals surface area contributed by atoms with Gasteiger partial charge in [-0.1, -0.05) is 25.8 Å². The molecule has 0 bridgehead atoms. The van der Waals surface area contributed by atoms with E-state index in [9.17, 15) is 33.1 Å². The Morgan fingerprint density at radius 2 is 1.51 bits per heavy atom. The van der Waals surface area contributed by atoms with E-state index in [1.54, 1.807) is 11.6 Å². The van der Waals surface area contributed by atoms with Crippen LogP contribution in [0.5, 0.6) is 5.75 Å². The van der Waals surface area contributed by atoms with Gasteiger partial charge in [-0.05, 0) is 87.2 Å². The number of carbonyl (C=O) groups is 2. The van der Waals surface area contributed by atoms with Gasteiger partial charge in [0, 0.05) is 68.4 Å². The first kappa shape index (κ1) is 58.7. The molecule has 0 aliphatic carbocycles. The number of anilines is 2. The minimum atomic E-state index is -5.00. The molecule has 2 fully saturated rings. The van der Waals surface area contributed by atoms with Gasteiger partial charge in [0.05, 0.1) is 45.9 Å². The van der Waals surface area contributed by atoms with Crippen LogP contribution in [0.4, 0.5) is 25.0 Å². The third kappa shape index (κ3) is 16.2. The molecule has 2 aromatic heterocycles. The van der Waals surface area contributed by atoms with Crippen molar-refractivity contribution in [3.05, 3.63) is 113 Å². The molecule has 72 heavy (non-hydrogen) atoms. The van der Waals surface area contributed by atoms with Gasteiger partial charge in [0.25, 0.3) is 0 Å². The van der Waals surface area contributed by atoms with E-state index in [1.165, 1.54) is 47.3 Å². The summed E-state index contributed by atoms with van der Waals surface area (Å²) in [5.74, 6) is -1.29. The maximum atomic E-state index is 15.1. The molecule has 0 radical (unpaired) electrons. The maximum absolute atomic E-state index is 15.1. The number of hydrogen-bond acceptors (Lipinski definition) is 17. The first-order valence-electron chi connectivity index (χ1n) is 23.2. The second-order valence-electron chi connectivity index (χ2n) is 17.3. The van der Waals surface area contributed by atoms with Gasteiger partial charge in [-0.15, -0.1) is 0 Å². The first-order chi connectivity index (χ1) is 33.6. The van der Waals surface area contributed by atoms with Gasteiger partial charge in [0.1, 0.15) is 48.1 Å². The third-order valence-electron chi connectivity index (χ3n) is 12.3. The molecule has 7 rings (SSSR count). The van der Waals surface area contributed by atoms with E-state index in [0.717, 1.165) is 43.6 Å². The number of piperazine rings is 1. The van der Waals surface area contributed by atoms with Crippen molar-refractivity contribution < 1.29 is 120 Å². The van der Waals surface area contributed by atoms with Crippen molar-refractivity contribution in [1.29, 1.82) is 0 Å². The summed E-state index contributed by atoms with van der Waals surface area (Å²) in [6.45, 7) is 8.58. The van der Waals surface area contributed by atoms with Crippen LogP contribution in [0.1, 0.15) is 77.3 Å². The monoisotopic (exact) mass is 1040 g/mol. The van der Waals surface area contributed by atoms with Gasteiger partial charge in [-0.25, -0.2) is 37.3 Å². The van der Waals surface area contributed by atoms with Crippen LogP contribution in [-0.4, -0.2) is 99.6 Å². The van der Waals surface area contributed by atoms with Crippen LogP contribution in [-0.2, 0) is 45.0 Å². The quantitative estimate of drug-likeness (QED) is 0.0262. The van der Waals surface area contributed by atoms with E-state index >= 15 is 4.39 Å². The predicted molar refractivity (Wildman–Crippen MR) is 245 cm³/mol. The fraction of sp³-hybridized carbons (Fsp3) is 0.489. The zero-order valence-electron chi connectivity index (χ0n) is 41.2. The second kappa shape index (κ2) is 27.4. The number of aromatic nitrogens is 6. The number of phosphoric acid groups is 1. The Morgan fingerprint density at radius 3 is 2.14 bits per heavy atom. The number of hydrogen-bond donors (Lipinski definition) is 0. The smallest absolute Gasteiger partial charge is 0.790 e. The van der Waals surface area contributed by atoms with Crippen molar-refractivity contribution in [1.82, 2.24) is 29.1 Å². The average molecular weight is 1040 g/mol. The van der Waals surface area contributed by atoms with Gasteiger partial charge >= 0.3 is 76.9 Å². The Morgan fingerprint density at radius 1 is 0.861 bits per heavy atom. The molecule has 25 heteroatoms. The predicted octanol–water partition coefficient (Wildman–Crippen LogP) is -0.573. The van der Waals surface area contributed by atoms with E-state index in [2.05, 4.69) is 29.5 Å². The molecule has 0 saturated carbocycles. The van der Waals surface area contributed by atoms with Crippen LogP contribution < -0.4 is 89.1 Å². The van der Waals surface area contributed by atoms with Crippen LogP contribution in [0.3, 0.4) is 0 Å². The number of rotatable bonds is 23. The van der Waals surface area contributed by atoms with Crippen LogP contribution in [0.2, 0.25) is 0 Å². The molecule has 20 nitrogen and oxygen atoms in total. The summed E-state index contributed by atoms with van der Waals surface area (Å²) in [5.41, 5.74) is 1.46. The van der Waals surface area contributed by atoms with Gasteiger partial charge in [-0.3, -0.25) is 4.79 Å². The van der Waals surface area contributed by atoms with Gasteiger partial charge < -0.3 is 52.4 Å².